The van der Waals surface area contributed by atoms with Crippen LogP contribution in [0.4, 0.5) is 0 Å². The highest BCUT2D eigenvalue weighted by atomic mass is 16.6. The highest BCUT2D eigenvalue weighted by Gasteiger charge is 2.46. The fourth-order valence-corrected chi connectivity index (χ4v) is 2.29. The number of esters is 3. The molecule has 0 N–H and O–H groups in total. The van der Waals surface area contributed by atoms with Gasteiger partial charge in [-0.15, -0.1) is 0 Å². The lowest BCUT2D eigenvalue weighted by molar-refractivity contribution is -0.228. The molecule has 1 saturated heterocycles. The van der Waals surface area contributed by atoms with Crippen molar-refractivity contribution >= 4 is 17.9 Å². The van der Waals surface area contributed by atoms with Crippen molar-refractivity contribution in [1.29, 1.82) is 0 Å². The van der Waals surface area contributed by atoms with E-state index in [0.717, 1.165) is 0 Å². The van der Waals surface area contributed by atoms with Crippen molar-refractivity contribution in [3.8, 4) is 0 Å². The van der Waals surface area contributed by atoms with E-state index in [4.69, 9.17) is 18.9 Å². The minimum atomic E-state index is -0.808. The van der Waals surface area contributed by atoms with Crippen LogP contribution in [0.25, 0.3) is 0 Å². The molecule has 0 aromatic rings. The van der Waals surface area contributed by atoms with E-state index >= 15 is 0 Å². The Balaban J connectivity index is 2.94. The van der Waals surface area contributed by atoms with Gasteiger partial charge in [-0.2, -0.15) is 0 Å². The minimum Gasteiger partial charge on any atom is -0.463 e. The number of hydrogen-bond donors (Lipinski definition) is 0. The van der Waals surface area contributed by atoms with Crippen LogP contribution in [0, 0.1) is 5.92 Å². The molecule has 21 heavy (non-hydrogen) atoms. The zero-order chi connectivity index (χ0) is 16.2. The molecule has 0 aromatic heterocycles. The molecular formula is C14H22O7. The highest BCUT2D eigenvalue weighted by Crippen LogP contribution is 2.30. The van der Waals surface area contributed by atoms with Crippen molar-refractivity contribution in [2.75, 3.05) is 6.61 Å². The van der Waals surface area contributed by atoms with Gasteiger partial charge < -0.3 is 18.9 Å². The summed E-state index contributed by atoms with van der Waals surface area (Å²) in [5, 5.41) is 0. The van der Waals surface area contributed by atoms with E-state index in [0.29, 0.717) is 0 Å². The Morgan fingerprint density at radius 1 is 0.905 bits per heavy atom. The van der Waals surface area contributed by atoms with Gasteiger partial charge in [0, 0.05) is 26.7 Å². The van der Waals surface area contributed by atoms with Gasteiger partial charge in [0.05, 0.1) is 6.10 Å². The molecule has 0 spiro atoms. The first-order valence-electron chi connectivity index (χ1n) is 6.85. The third kappa shape index (κ3) is 5.00. The van der Waals surface area contributed by atoms with Crippen molar-refractivity contribution in [1.82, 2.24) is 0 Å². The van der Waals surface area contributed by atoms with Gasteiger partial charge in [0.2, 0.25) is 0 Å². The fourth-order valence-electron chi connectivity index (χ4n) is 2.29. The summed E-state index contributed by atoms with van der Waals surface area (Å²) in [5.74, 6) is -1.61. The fraction of sp³-hybridized carbons (Fsp3) is 0.786. The van der Waals surface area contributed by atoms with Crippen molar-refractivity contribution in [3.63, 3.8) is 0 Å². The van der Waals surface area contributed by atoms with Crippen LogP contribution in [0.3, 0.4) is 0 Å². The number of carbonyl (C=O) groups is 3. The smallest absolute Gasteiger partial charge is 0.303 e. The van der Waals surface area contributed by atoms with Crippen molar-refractivity contribution < 1.29 is 33.3 Å². The van der Waals surface area contributed by atoms with Crippen molar-refractivity contribution in [3.05, 3.63) is 0 Å². The topological polar surface area (TPSA) is 88.1 Å². The van der Waals surface area contributed by atoms with Gasteiger partial charge in [0.1, 0.15) is 18.8 Å². The first-order valence-corrected chi connectivity index (χ1v) is 6.85. The zero-order valence-corrected chi connectivity index (χ0v) is 13.0. The first-order chi connectivity index (χ1) is 9.72. The lowest BCUT2D eigenvalue weighted by atomic mass is 9.88. The summed E-state index contributed by atoms with van der Waals surface area (Å²) in [7, 11) is 0. The Bertz CT molecular complexity index is 406. The summed E-state index contributed by atoms with van der Waals surface area (Å²) in [6.07, 6.45) is -2.36. The van der Waals surface area contributed by atoms with E-state index in [2.05, 4.69) is 0 Å². The first kappa shape index (κ1) is 17.4. The van der Waals surface area contributed by atoms with Gasteiger partial charge >= 0.3 is 17.9 Å². The highest BCUT2D eigenvalue weighted by molar-refractivity contribution is 5.67. The van der Waals surface area contributed by atoms with Crippen LogP contribution in [-0.4, -0.2) is 48.9 Å². The van der Waals surface area contributed by atoms with Gasteiger partial charge in [-0.1, -0.05) is 6.92 Å². The summed E-state index contributed by atoms with van der Waals surface area (Å²) in [5.41, 5.74) is 0. The monoisotopic (exact) mass is 302 g/mol. The van der Waals surface area contributed by atoms with Crippen LogP contribution in [0.5, 0.6) is 0 Å². The van der Waals surface area contributed by atoms with Crippen molar-refractivity contribution in [2.45, 2.75) is 59.0 Å². The molecule has 7 heteroatoms. The third-order valence-corrected chi connectivity index (χ3v) is 3.39. The Labute approximate surface area is 123 Å². The van der Waals surface area contributed by atoms with Crippen LogP contribution >= 0.6 is 0 Å². The van der Waals surface area contributed by atoms with Crippen LogP contribution in [0.2, 0.25) is 0 Å². The average Bonchev–Trinajstić information content (AvgIpc) is 2.35. The molecule has 1 fully saturated rings. The summed E-state index contributed by atoms with van der Waals surface area (Å²) in [6, 6.07) is 0. The van der Waals surface area contributed by atoms with E-state index in [1.165, 1.54) is 20.8 Å². The van der Waals surface area contributed by atoms with Gasteiger partial charge in [0.25, 0.3) is 0 Å². The van der Waals surface area contributed by atoms with Gasteiger partial charge in [-0.05, 0) is 6.92 Å². The zero-order valence-electron chi connectivity index (χ0n) is 13.0. The van der Waals surface area contributed by atoms with Gasteiger partial charge in [-0.25, -0.2) is 0 Å². The van der Waals surface area contributed by atoms with Gasteiger partial charge in [0.15, 0.2) is 6.10 Å². The predicted octanol–water partition coefficient (Wildman–Crippen LogP) is 0.836. The SMILES string of the molecule is CC(=O)OCC1O[C@@H](C)C(C)[C@H](OC(C)=O)[C@@H]1OC(C)=O. The lowest BCUT2D eigenvalue weighted by Crippen LogP contribution is -2.57. The normalized spacial score (nSPS) is 32.1. The molecule has 0 amide bonds. The molecule has 0 radical (unpaired) electrons. The standard InChI is InChI=1S/C14H22O7/c1-7-8(2)19-12(6-18-9(3)15)14(21-11(5)17)13(7)20-10(4)16/h7-8,12-14H,6H2,1-5H3/t7?,8-,12?,13-,14+/m0/s1. The van der Waals surface area contributed by atoms with Gasteiger partial charge in [-0.3, -0.25) is 14.4 Å². The second-order valence-electron chi connectivity index (χ2n) is 5.19. The number of carbonyl (C=O) groups excluding carboxylic acids is 3. The maximum Gasteiger partial charge on any atom is 0.303 e. The van der Waals surface area contributed by atoms with E-state index in [-0.39, 0.29) is 18.6 Å². The maximum absolute atomic E-state index is 11.3. The third-order valence-electron chi connectivity index (χ3n) is 3.39. The largest absolute Gasteiger partial charge is 0.463 e. The van der Waals surface area contributed by atoms with E-state index in [1.807, 2.05) is 13.8 Å². The number of hydrogen-bond acceptors (Lipinski definition) is 7. The summed E-state index contributed by atoms with van der Waals surface area (Å²) in [6.45, 7) is 7.43. The summed E-state index contributed by atoms with van der Waals surface area (Å²) in [4.78, 5) is 33.5. The Morgan fingerprint density at radius 3 is 1.90 bits per heavy atom. The minimum absolute atomic E-state index is 0.0674. The second kappa shape index (κ2) is 7.40. The van der Waals surface area contributed by atoms with Crippen LogP contribution in [0.15, 0.2) is 0 Å². The molecule has 7 nitrogen and oxygen atoms in total. The summed E-state index contributed by atoms with van der Waals surface area (Å²) < 4.78 is 21.2. The maximum atomic E-state index is 11.3. The van der Waals surface area contributed by atoms with E-state index in [1.54, 1.807) is 0 Å². The quantitative estimate of drug-likeness (QED) is 0.561. The molecule has 1 aliphatic rings. The van der Waals surface area contributed by atoms with E-state index in [9.17, 15) is 14.4 Å². The number of ether oxygens (including phenoxy) is 4. The molecule has 0 bridgehead atoms. The molecule has 0 saturated carbocycles. The predicted molar refractivity (Wildman–Crippen MR) is 71.2 cm³/mol. The second-order valence-corrected chi connectivity index (χ2v) is 5.19. The molecular weight excluding hydrogens is 280 g/mol. The van der Waals surface area contributed by atoms with Crippen LogP contribution < -0.4 is 0 Å². The molecule has 0 aromatic carbocycles. The molecule has 1 heterocycles. The molecule has 120 valence electrons. The molecule has 5 atom stereocenters. The average molecular weight is 302 g/mol. The van der Waals surface area contributed by atoms with E-state index < -0.39 is 36.2 Å². The van der Waals surface area contributed by atoms with Crippen LogP contribution in [0.1, 0.15) is 34.6 Å². The Kier molecular flexibility index (Phi) is 6.14. The number of rotatable bonds is 4. The summed E-state index contributed by atoms with van der Waals surface area (Å²) >= 11 is 0. The Morgan fingerprint density at radius 2 is 1.43 bits per heavy atom. The molecule has 0 aliphatic carbocycles. The van der Waals surface area contributed by atoms with Crippen LogP contribution in [-0.2, 0) is 33.3 Å². The molecule has 1 aliphatic heterocycles. The van der Waals surface area contributed by atoms with Crippen molar-refractivity contribution in [2.24, 2.45) is 5.92 Å². The lowest BCUT2D eigenvalue weighted by Gasteiger charge is -2.43. The molecule has 2 unspecified atom stereocenters. The Hall–Kier alpha value is -1.63. The molecule has 1 rings (SSSR count).